The van der Waals surface area contributed by atoms with E-state index in [1.54, 1.807) is 0 Å². The number of benzene rings is 6. The number of fused-ring (bicyclic) bond motifs is 7. The van der Waals surface area contributed by atoms with Gasteiger partial charge in [0.25, 0.3) is 0 Å². The Morgan fingerprint density at radius 1 is 0.579 bits per heavy atom. The van der Waals surface area contributed by atoms with Crippen LogP contribution in [0.5, 0.6) is 0 Å². The number of aryl methyl sites for hydroxylation is 1. The molecule has 0 aliphatic heterocycles. The molecule has 0 radical (unpaired) electrons. The molecule has 0 N–H and O–H groups in total. The molecule has 0 spiro atoms. The molecule has 2 heterocycles. The van der Waals surface area contributed by atoms with Crippen LogP contribution >= 0.6 is 0 Å². The Labute approximate surface area is 336 Å². The zero-order valence-electron chi connectivity index (χ0n) is 32.9. The van der Waals surface area contributed by atoms with Crippen molar-refractivity contribution in [2.75, 3.05) is 0 Å². The van der Waals surface area contributed by atoms with Crippen molar-refractivity contribution in [3.63, 3.8) is 0 Å². The van der Waals surface area contributed by atoms with Gasteiger partial charge in [0.2, 0.25) is 0 Å². The third kappa shape index (κ3) is 5.11. The number of hydrogen-bond donors (Lipinski definition) is 0. The van der Waals surface area contributed by atoms with E-state index in [2.05, 4.69) is 206 Å². The Balaban J connectivity index is 1.13. The first-order valence-corrected chi connectivity index (χ1v) is 21.1. The zero-order chi connectivity index (χ0) is 38.1. The first kappa shape index (κ1) is 34.2. The summed E-state index contributed by atoms with van der Waals surface area (Å²) in [6.07, 6.45) is 16.8. The van der Waals surface area contributed by atoms with Gasteiger partial charge in [-0.15, -0.1) is 5.98 Å². The molecule has 3 aliphatic rings. The van der Waals surface area contributed by atoms with Gasteiger partial charge in [0.1, 0.15) is 7.85 Å². The van der Waals surface area contributed by atoms with Gasteiger partial charge in [-0.2, -0.15) is 0 Å². The topological polar surface area (TPSA) is 9.86 Å². The summed E-state index contributed by atoms with van der Waals surface area (Å²) in [7, 11) is 2.18. The first-order valence-electron chi connectivity index (χ1n) is 21.1. The molecule has 3 aliphatic carbocycles. The summed E-state index contributed by atoms with van der Waals surface area (Å²) in [4.78, 5) is 0. The van der Waals surface area contributed by atoms with E-state index < -0.39 is 0 Å². The molecular formula is C54H47BN2. The minimum Gasteiger partial charge on any atom is -0.313 e. The molecule has 2 aromatic heterocycles. The Hall–Kier alpha value is -6.06. The average molecular weight is 735 g/mol. The van der Waals surface area contributed by atoms with Gasteiger partial charge in [-0.3, -0.25) is 0 Å². The van der Waals surface area contributed by atoms with Crippen molar-refractivity contribution in [1.29, 1.82) is 0 Å². The summed E-state index contributed by atoms with van der Waals surface area (Å²) in [5, 5.41) is 4.00. The van der Waals surface area contributed by atoms with Crippen molar-refractivity contribution in [2.45, 2.75) is 38.0 Å². The van der Waals surface area contributed by atoms with Crippen molar-refractivity contribution in [3.05, 3.63) is 204 Å². The third-order valence-electron chi connectivity index (χ3n) is 14.0. The Morgan fingerprint density at radius 3 is 1.93 bits per heavy atom. The summed E-state index contributed by atoms with van der Waals surface area (Å²) < 4.78 is 5.04. The van der Waals surface area contributed by atoms with Crippen LogP contribution in [-0.2, 0) is 18.3 Å². The zero-order valence-corrected chi connectivity index (χ0v) is 32.9. The van der Waals surface area contributed by atoms with E-state index in [0.29, 0.717) is 23.7 Å². The highest BCUT2D eigenvalue weighted by Crippen LogP contribution is 2.61. The van der Waals surface area contributed by atoms with E-state index in [-0.39, 0.29) is 5.41 Å². The number of para-hydroxylation sites is 2. The molecule has 0 amide bonds. The molecule has 5 atom stereocenters. The molecule has 276 valence electrons. The fraction of sp³-hybridized carbons (Fsp3) is 0.185. The van der Waals surface area contributed by atoms with Crippen LogP contribution in [0, 0.1) is 23.7 Å². The smallest absolute Gasteiger partial charge is 0.129 e. The van der Waals surface area contributed by atoms with E-state index >= 15 is 0 Å². The number of allylic oxidation sites excluding steroid dienone is 5. The molecule has 2 nitrogen and oxygen atoms in total. The maximum Gasteiger partial charge on any atom is 0.129 e. The highest BCUT2D eigenvalue weighted by molar-refractivity contribution is 6.17. The highest BCUT2D eigenvalue weighted by atomic mass is 15.0. The average Bonchev–Trinajstić information content (AvgIpc) is 3.87. The molecule has 5 unspecified atom stereocenters. The Bertz CT molecular complexity index is 2890. The summed E-state index contributed by atoms with van der Waals surface area (Å²) in [6.45, 7) is 2.50. The predicted molar refractivity (Wildman–Crippen MR) is 243 cm³/mol. The lowest BCUT2D eigenvalue weighted by Gasteiger charge is -2.41. The van der Waals surface area contributed by atoms with Crippen molar-refractivity contribution in [2.24, 2.45) is 23.7 Å². The molecular weight excluding hydrogens is 687 g/mol. The van der Waals surface area contributed by atoms with Crippen LogP contribution in [0.3, 0.4) is 0 Å². The molecule has 0 bridgehead atoms. The van der Waals surface area contributed by atoms with Gasteiger partial charge >= 0.3 is 0 Å². The molecule has 6 aromatic carbocycles. The largest absolute Gasteiger partial charge is 0.313 e. The summed E-state index contributed by atoms with van der Waals surface area (Å²) in [5.41, 5.74) is 14.4. The monoisotopic (exact) mass is 734 g/mol. The van der Waals surface area contributed by atoms with Crippen LogP contribution < -0.4 is 0 Å². The van der Waals surface area contributed by atoms with E-state index in [1.165, 1.54) is 90.4 Å². The molecule has 11 rings (SSSR count). The lowest BCUT2D eigenvalue weighted by atomic mass is 9.61. The molecule has 1 fully saturated rings. The van der Waals surface area contributed by atoms with Gasteiger partial charge in [0.15, 0.2) is 0 Å². The van der Waals surface area contributed by atoms with Crippen LogP contribution in [0.4, 0.5) is 0 Å². The molecule has 0 saturated heterocycles. The second kappa shape index (κ2) is 13.6. The van der Waals surface area contributed by atoms with Gasteiger partial charge in [0.05, 0.1) is 16.6 Å². The number of hydrogen-bond acceptors (Lipinski definition) is 0. The Kier molecular flexibility index (Phi) is 8.14. The van der Waals surface area contributed by atoms with E-state index in [9.17, 15) is 0 Å². The fourth-order valence-electron chi connectivity index (χ4n) is 11.6. The van der Waals surface area contributed by atoms with Gasteiger partial charge < -0.3 is 9.13 Å². The first-order chi connectivity index (χ1) is 28.2. The molecule has 57 heavy (non-hydrogen) atoms. The van der Waals surface area contributed by atoms with Crippen LogP contribution in [0.15, 0.2) is 182 Å². The van der Waals surface area contributed by atoms with Crippen molar-refractivity contribution in [1.82, 2.24) is 9.13 Å². The summed E-state index contributed by atoms with van der Waals surface area (Å²) in [6, 6.07) is 55.1. The van der Waals surface area contributed by atoms with Crippen molar-refractivity contribution >= 4 is 40.6 Å². The van der Waals surface area contributed by atoms with Crippen LogP contribution in [0.2, 0.25) is 0 Å². The van der Waals surface area contributed by atoms with Gasteiger partial charge in [-0.05, 0) is 126 Å². The SMILES string of the molecule is B/C=C\C1C2C=CC=CC2C(c2ccccc2)(c2ccc3c(c2)c2ccc(-c4ccc5c6c(n(-c7ccccc7)c5c4)CCCC6)cc2n3-c2ccccc2)C1C. The predicted octanol–water partition coefficient (Wildman–Crippen LogP) is 12.3. The van der Waals surface area contributed by atoms with Crippen molar-refractivity contribution in [3.8, 4) is 22.5 Å². The van der Waals surface area contributed by atoms with E-state index in [4.69, 9.17) is 0 Å². The molecule has 3 heteroatoms. The number of aromatic nitrogens is 2. The van der Waals surface area contributed by atoms with Crippen LogP contribution in [0.1, 0.15) is 42.1 Å². The number of rotatable bonds is 6. The fourth-order valence-corrected chi connectivity index (χ4v) is 11.6. The molecule has 8 aromatic rings. The second-order valence-corrected chi connectivity index (χ2v) is 16.7. The summed E-state index contributed by atoms with van der Waals surface area (Å²) in [5.74, 6) is 3.89. The minimum atomic E-state index is -0.186. The maximum absolute atomic E-state index is 2.56. The Morgan fingerprint density at radius 2 is 1.21 bits per heavy atom. The minimum absolute atomic E-state index is 0.186. The van der Waals surface area contributed by atoms with Crippen LogP contribution in [0.25, 0.3) is 55.2 Å². The number of nitrogens with zero attached hydrogens (tertiary/aromatic N) is 2. The van der Waals surface area contributed by atoms with E-state index in [1.807, 2.05) is 0 Å². The van der Waals surface area contributed by atoms with Gasteiger partial charge in [0, 0.05) is 38.6 Å². The molecule has 1 saturated carbocycles. The maximum atomic E-state index is 2.56. The normalized spacial score (nSPS) is 22.8. The lowest BCUT2D eigenvalue weighted by molar-refractivity contribution is 0.334. The lowest BCUT2D eigenvalue weighted by Crippen LogP contribution is -2.38. The van der Waals surface area contributed by atoms with Crippen molar-refractivity contribution < 1.29 is 0 Å². The summed E-state index contributed by atoms with van der Waals surface area (Å²) >= 11 is 0. The standard InChI is InChI=1S/C54H47BN2/c1-36-43(31-32-55)44-21-11-13-23-49(44)54(36,39-15-5-2-6-16-39)40-27-30-51-48(35-40)47-29-26-38(34-53(47)57(51)42-19-9-4-10-20-42)37-25-28-46-45-22-12-14-24-50(45)56(52(46)33-37)41-17-7-3-8-18-41/h2-11,13,15-21,23,25-36,43-44,49H,12,14,22,24,55H2,1H3/b32-31-. The van der Waals surface area contributed by atoms with Crippen LogP contribution in [-0.4, -0.2) is 17.0 Å². The second-order valence-electron chi connectivity index (χ2n) is 16.7. The van der Waals surface area contributed by atoms with Gasteiger partial charge in [-0.1, -0.05) is 134 Å². The third-order valence-corrected chi connectivity index (χ3v) is 14.0. The van der Waals surface area contributed by atoms with E-state index in [0.717, 1.165) is 12.8 Å². The highest BCUT2D eigenvalue weighted by Gasteiger charge is 2.57. The van der Waals surface area contributed by atoms with Gasteiger partial charge in [-0.25, -0.2) is 0 Å². The quantitative estimate of drug-likeness (QED) is 0.151.